The number of benzene rings is 1. The number of nitrogens with zero attached hydrogens (tertiary/aromatic N) is 1. The van der Waals surface area contributed by atoms with Gasteiger partial charge in [-0.25, -0.2) is 12.8 Å². The molecule has 6 nitrogen and oxygen atoms in total. The summed E-state index contributed by atoms with van der Waals surface area (Å²) in [5.41, 5.74) is 0.347. The van der Waals surface area contributed by atoms with E-state index in [-0.39, 0.29) is 31.5 Å². The summed E-state index contributed by atoms with van der Waals surface area (Å²) in [6, 6.07) is 5.55. The molecule has 0 spiro atoms. The molecule has 1 unspecified atom stereocenters. The van der Waals surface area contributed by atoms with Crippen molar-refractivity contribution >= 4 is 21.6 Å². The summed E-state index contributed by atoms with van der Waals surface area (Å²) in [5.74, 6) is -0.810. The van der Waals surface area contributed by atoms with Crippen molar-refractivity contribution in [1.29, 1.82) is 0 Å². The van der Waals surface area contributed by atoms with Gasteiger partial charge in [0, 0.05) is 31.8 Å². The van der Waals surface area contributed by atoms with E-state index < -0.39 is 15.8 Å². The maximum atomic E-state index is 13.1. The van der Waals surface area contributed by atoms with Crippen molar-refractivity contribution in [3.05, 3.63) is 30.1 Å². The van der Waals surface area contributed by atoms with Crippen LogP contribution in [-0.4, -0.2) is 50.7 Å². The van der Waals surface area contributed by atoms with E-state index in [1.165, 1.54) is 22.5 Å². The second kappa shape index (κ2) is 7.85. The molecule has 1 amide bonds. The van der Waals surface area contributed by atoms with Crippen molar-refractivity contribution in [2.24, 2.45) is 0 Å². The summed E-state index contributed by atoms with van der Waals surface area (Å²) < 4.78 is 43.4. The van der Waals surface area contributed by atoms with E-state index in [0.29, 0.717) is 12.3 Å². The number of nitrogens with one attached hydrogen (secondary N) is 1. The first-order valence-corrected chi connectivity index (χ1v) is 9.31. The highest BCUT2D eigenvalue weighted by atomic mass is 32.2. The van der Waals surface area contributed by atoms with Crippen LogP contribution >= 0.6 is 0 Å². The zero-order valence-corrected chi connectivity index (χ0v) is 13.8. The van der Waals surface area contributed by atoms with Crippen LogP contribution in [0.2, 0.25) is 0 Å². The molecular formula is C15H21FN2O4S. The number of carbonyl (C=O) groups is 1. The van der Waals surface area contributed by atoms with Gasteiger partial charge in [-0.1, -0.05) is 6.07 Å². The quantitative estimate of drug-likeness (QED) is 0.815. The molecule has 1 atom stereocenters. The van der Waals surface area contributed by atoms with Gasteiger partial charge in [0.15, 0.2) is 0 Å². The summed E-state index contributed by atoms with van der Waals surface area (Å²) in [7, 11) is -3.41. The lowest BCUT2D eigenvalue weighted by Crippen LogP contribution is -2.38. The molecule has 2 rings (SSSR count). The third kappa shape index (κ3) is 5.89. The Bertz CT molecular complexity index is 645. The van der Waals surface area contributed by atoms with E-state index >= 15 is 0 Å². The zero-order chi connectivity index (χ0) is 16.9. The number of hydrogen-bond acceptors (Lipinski definition) is 4. The lowest BCUT2D eigenvalue weighted by molar-refractivity contribution is -0.116. The van der Waals surface area contributed by atoms with Gasteiger partial charge >= 0.3 is 0 Å². The standard InChI is InChI=1S/C15H21FN2O4S/c1-23(20,21)18(11-14-6-3-9-22-14)8-7-15(19)17-13-5-2-4-12(16)10-13/h2,4-5,10,14H,3,6-9,11H2,1H3,(H,17,19). The van der Waals surface area contributed by atoms with E-state index in [4.69, 9.17) is 4.74 Å². The lowest BCUT2D eigenvalue weighted by Gasteiger charge is -2.22. The Morgan fingerprint density at radius 2 is 2.26 bits per heavy atom. The number of anilines is 1. The fraction of sp³-hybridized carbons (Fsp3) is 0.533. The molecule has 0 aromatic heterocycles. The molecule has 0 radical (unpaired) electrons. The molecule has 1 fully saturated rings. The van der Waals surface area contributed by atoms with Crippen molar-refractivity contribution in [2.75, 3.05) is 31.3 Å². The fourth-order valence-electron chi connectivity index (χ4n) is 2.42. The van der Waals surface area contributed by atoms with Gasteiger partial charge in [-0.15, -0.1) is 0 Å². The van der Waals surface area contributed by atoms with Crippen LogP contribution in [0.1, 0.15) is 19.3 Å². The van der Waals surface area contributed by atoms with Gasteiger partial charge in [0.2, 0.25) is 15.9 Å². The van der Waals surface area contributed by atoms with E-state index in [9.17, 15) is 17.6 Å². The zero-order valence-electron chi connectivity index (χ0n) is 13.0. The highest BCUT2D eigenvalue weighted by Crippen LogP contribution is 2.15. The molecule has 23 heavy (non-hydrogen) atoms. The Morgan fingerprint density at radius 1 is 1.48 bits per heavy atom. The topological polar surface area (TPSA) is 75.7 Å². The molecule has 0 bridgehead atoms. The van der Waals surface area contributed by atoms with Crippen LogP contribution in [-0.2, 0) is 19.6 Å². The minimum Gasteiger partial charge on any atom is -0.377 e. The Labute approximate surface area is 135 Å². The van der Waals surface area contributed by atoms with Gasteiger partial charge in [0.25, 0.3) is 0 Å². The average molecular weight is 344 g/mol. The number of carbonyl (C=O) groups excluding carboxylic acids is 1. The molecule has 1 saturated heterocycles. The van der Waals surface area contributed by atoms with Crippen LogP contribution < -0.4 is 5.32 Å². The molecule has 0 saturated carbocycles. The third-order valence-electron chi connectivity index (χ3n) is 3.60. The lowest BCUT2D eigenvalue weighted by atomic mass is 10.2. The van der Waals surface area contributed by atoms with Gasteiger partial charge in [0.1, 0.15) is 5.82 Å². The van der Waals surface area contributed by atoms with Crippen LogP contribution in [0.5, 0.6) is 0 Å². The first kappa shape index (κ1) is 17.8. The van der Waals surface area contributed by atoms with E-state index in [0.717, 1.165) is 19.1 Å². The molecule has 1 heterocycles. The molecule has 1 N–H and O–H groups in total. The molecule has 1 aromatic carbocycles. The van der Waals surface area contributed by atoms with Crippen LogP contribution in [0.3, 0.4) is 0 Å². The Kier molecular flexibility index (Phi) is 6.09. The van der Waals surface area contributed by atoms with Crippen LogP contribution in [0.15, 0.2) is 24.3 Å². The Morgan fingerprint density at radius 3 is 2.87 bits per heavy atom. The molecule has 0 aliphatic carbocycles. The van der Waals surface area contributed by atoms with Crippen LogP contribution in [0.4, 0.5) is 10.1 Å². The average Bonchev–Trinajstić information content (AvgIpc) is 2.95. The van der Waals surface area contributed by atoms with Crippen molar-refractivity contribution < 1.29 is 22.3 Å². The number of ether oxygens (including phenoxy) is 1. The van der Waals surface area contributed by atoms with Crippen molar-refractivity contribution in [1.82, 2.24) is 4.31 Å². The third-order valence-corrected chi connectivity index (χ3v) is 4.87. The minimum atomic E-state index is -3.41. The monoisotopic (exact) mass is 344 g/mol. The van der Waals surface area contributed by atoms with Crippen LogP contribution in [0.25, 0.3) is 0 Å². The minimum absolute atomic E-state index is 0.00367. The predicted molar refractivity (Wildman–Crippen MR) is 85.0 cm³/mol. The predicted octanol–water partition coefficient (Wildman–Crippen LogP) is 1.59. The number of amides is 1. The number of sulfonamides is 1. The summed E-state index contributed by atoms with van der Waals surface area (Å²) in [6.07, 6.45) is 2.74. The highest BCUT2D eigenvalue weighted by Gasteiger charge is 2.25. The largest absolute Gasteiger partial charge is 0.377 e. The highest BCUT2D eigenvalue weighted by molar-refractivity contribution is 7.88. The van der Waals surface area contributed by atoms with Gasteiger partial charge in [-0.3, -0.25) is 4.79 Å². The van der Waals surface area contributed by atoms with E-state index in [2.05, 4.69) is 5.32 Å². The summed E-state index contributed by atoms with van der Waals surface area (Å²) in [4.78, 5) is 11.9. The number of halogens is 1. The molecule has 1 aliphatic heterocycles. The molecule has 1 aliphatic rings. The Balaban J connectivity index is 1.88. The van der Waals surface area contributed by atoms with Gasteiger partial charge in [0.05, 0.1) is 12.4 Å². The van der Waals surface area contributed by atoms with Gasteiger partial charge in [-0.2, -0.15) is 4.31 Å². The molecule has 8 heteroatoms. The fourth-order valence-corrected chi connectivity index (χ4v) is 3.28. The number of hydrogen-bond donors (Lipinski definition) is 1. The van der Waals surface area contributed by atoms with Crippen LogP contribution in [0, 0.1) is 5.82 Å². The van der Waals surface area contributed by atoms with Gasteiger partial charge in [-0.05, 0) is 31.0 Å². The van der Waals surface area contributed by atoms with Crippen molar-refractivity contribution in [2.45, 2.75) is 25.4 Å². The molecular weight excluding hydrogens is 323 g/mol. The van der Waals surface area contributed by atoms with E-state index in [1.54, 1.807) is 6.07 Å². The molecule has 1 aromatic rings. The maximum absolute atomic E-state index is 13.1. The van der Waals surface area contributed by atoms with Crippen molar-refractivity contribution in [3.63, 3.8) is 0 Å². The van der Waals surface area contributed by atoms with E-state index in [1.807, 2.05) is 0 Å². The Hall–Kier alpha value is -1.51. The van der Waals surface area contributed by atoms with Crippen molar-refractivity contribution in [3.8, 4) is 0 Å². The smallest absolute Gasteiger partial charge is 0.225 e. The number of rotatable bonds is 7. The normalized spacial score (nSPS) is 18.3. The second-order valence-corrected chi connectivity index (χ2v) is 7.55. The summed E-state index contributed by atoms with van der Waals surface area (Å²) >= 11 is 0. The first-order valence-electron chi connectivity index (χ1n) is 7.47. The maximum Gasteiger partial charge on any atom is 0.225 e. The SMILES string of the molecule is CS(=O)(=O)N(CCC(=O)Nc1cccc(F)c1)CC1CCCO1. The summed E-state index contributed by atoms with van der Waals surface area (Å²) in [5, 5.41) is 2.55. The molecule has 128 valence electrons. The second-order valence-electron chi connectivity index (χ2n) is 5.56. The summed E-state index contributed by atoms with van der Waals surface area (Å²) in [6.45, 7) is 0.967. The van der Waals surface area contributed by atoms with Gasteiger partial charge < -0.3 is 10.1 Å². The first-order chi connectivity index (χ1) is 10.8.